The van der Waals surface area contributed by atoms with Gasteiger partial charge in [-0.1, -0.05) is 25.1 Å². The second-order valence-corrected chi connectivity index (χ2v) is 7.17. The van der Waals surface area contributed by atoms with Gasteiger partial charge in [-0.05, 0) is 25.0 Å². The minimum Gasteiger partial charge on any atom is -0.394 e. The lowest BCUT2D eigenvalue weighted by Crippen LogP contribution is -2.43. The van der Waals surface area contributed by atoms with Gasteiger partial charge in [0.05, 0.1) is 24.0 Å². The summed E-state index contributed by atoms with van der Waals surface area (Å²) in [5.41, 5.74) is 3.77. The molecule has 2 amide bonds. The molecule has 1 aliphatic heterocycles. The van der Waals surface area contributed by atoms with Gasteiger partial charge in [0.15, 0.2) is 0 Å². The number of aliphatic hydroxyl groups is 1. The van der Waals surface area contributed by atoms with E-state index in [0.29, 0.717) is 12.2 Å². The molecule has 0 saturated carbocycles. The molecule has 0 fully saturated rings. The van der Waals surface area contributed by atoms with Gasteiger partial charge < -0.3 is 15.7 Å². The highest BCUT2D eigenvalue weighted by molar-refractivity contribution is 7.98. The maximum absolute atomic E-state index is 12.4. The zero-order chi connectivity index (χ0) is 18.7. The molecule has 26 heavy (non-hydrogen) atoms. The van der Waals surface area contributed by atoms with Gasteiger partial charge in [0.25, 0.3) is 0 Å². The Hall–Kier alpha value is -2.32. The third-order valence-electron chi connectivity index (χ3n) is 4.38. The fourth-order valence-corrected chi connectivity index (χ4v) is 3.84. The van der Waals surface area contributed by atoms with Crippen LogP contribution < -0.4 is 10.6 Å². The molecule has 0 spiro atoms. The van der Waals surface area contributed by atoms with Crippen LogP contribution in [0, 0.1) is 6.92 Å². The van der Waals surface area contributed by atoms with Crippen molar-refractivity contribution >= 4 is 29.4 Å². The number of anilines is 1. The summed E-state index contributed by atoms with van der Waals surface area (Å²) in [5.74, 6) is 0.545. The maximum Gasteiger partial charge on any atom is 0.314 e. The third-order valence-corrected chi connectivity index (χ3v) is 5.35. The predicted octanol–water partition coefficient (Wildman–Crippen LogP) is 1.75. The molecule has 1 aromatic heterocycles. The number of nitrogens with zero attached hydrogens (tertiary/aromatic N) is 2. The van der Waals surface area contributed by atoms with Crippen molar-refractivity contribution in [1.82, 2.24) is 15.1 Å². The van der Waals surface area contributed by atoms with Crippen LogP contribution in [0.2, 0.25) is 0 Å². The molecule has 1 atom stereocenters. The van der Waals surface area contributed by atoms with Crippen LogP contribution in [0.25, 0.3) is 5.69 Å². The number of carbonyl (C=O) groups is 2. The zero-order valence-corrected chi connectivity index (χ0v) is 15.6. The molecule has 8 heteroatoms. The Morgan fingerprint density at radius 1 is 1.31 bits per heavy atom. The fourth-order valence-electron chi connectivity index (χ4n) is 2.81. The van der Waals surface area contributed by atoms with E-state index < -0.39 is 17.9 Å². The fraction of sp³-hybridized carbons (Fsp3) is 0.389. The number of amides is 2. The van der Waals surface area contributed by atoms with Crippen LogP contribution in [-0.4, -0.2) is 39.4 Å². The van der Waals surface area contributed by atoms with Crippen molar-refractivity contribution in [1.29, 1.82) is 0 Å². The van der Waals surface area contributed by atoms with E-state index in [2.05, 4.69) is 15.7 Å². The minimum absolute atomic E-state index is 0.206. The molecule has 3 N–H and O–H groups in total. The SMILES string of the molecule is CC[C@@H](CO)NC(=O)C(=O)Nc1c2c(nn1-c1ccccc1C)CSC2. The summed E-state index contributed by atoms with van der Waals surface area (Å²) in [6.07, 6.45) is 0.544. The Morgan fingerprint density at radius 2 is 2.08 bits per heavy atom. The molecule has 2 heterocycles. The summed E-state index contributed by atoms with van der Waals surface area (Å²) >= 11 is 1.72. The lowest BCUT2D eigenvalue weighted by molar-refractivity contribution is -0.136. The molecule has 2 aromatic rings. The van der Waals surface area contributed by atoms with Gasteiger partial charge in [0.1, 0.15) is 5.82 Å². The Labute approximate surface area is 156 Å². The second-order valence-electron chi connectivity index (χ2n) is 6.18. The largest absolute Gasteiger partial charge is 0.394 e. The standard InChI is InChI=1S/C18H22N4O3S/c1-3-12(8-23)19-17(24)18(25)20-16-13-9-26-10-14(13)21-22(16)15-7-5-4-6-11(15)2/h4-7,12,23H,3,8-10H2,1-2H3,(H,19,24)(H,20,25)/t12-/m0/s1. The van der Waals surface area contributed by atoms with Crippen LogP contribution in [0.4, 0.5) is 5.82 Å². The van der Waals surface area contributed by atoms with Crippen molar-refractivity contribution in [2.24, 2.45) is 0 Å². The molecule has 7 nitrogen and oxygen atoms in total. The number of para-hydroxylation sites is 1. The zero-order valence-electron chi connectivity index (χ0n) is 14.8. The molecule has 1 aromatic carbocycles. The maximum atomic E-state index is 12.4. The van der Waals surface area contributed by atoms with Gasteiger partial charge in [0.2, 0.25) is 0 Å². The quantitative estimate of drug-likeness (QED) is 0.693. The summed E-state index contributed by atoms with van der Waals surface area (Å²) in [6, 6.07) is 7.32. The van der Waals surface area contributed by atoms with Gasteiger partial charge in [-0.3, -0.25) is 9.59 Å². The summed E-state index contributed by atoms with van der Waals surface area (Å²) in [7, 11) is 0. The smallest absolute Gasteiger partial charge is 0.314 e. The lowest BCUT2D eigenvalue weighted by atomic mass is 10.2. The van der Waals surface area contributed by atoms with Crippen LogP contribution in [0.3, 0.4) is 0 Å². The van der Waals surface area contributed by atoms with Crippen LogP contribution in [-0.2, 0) is 21.1 Å². The summed E-state index contributed by atoms with van der Waals surface area (Å²) in [6.45, 7) is 3.60. The van der Waals surface area contributed by atoms with E-state index >= 15 is 0 Å². The van der Waals surface area contributed by atoms with Gasteiger partial charge in [0, 0.05) is 17.1 Å². The monoisotopic (exact) mass is 374 g/mol. The van der Waals surface area contributed by atoms with E-state index in [4.69, 9.17) is 0 Å². The number of thioether (sulfide) groups is 1. The topological polar surface area (TPSA) is 96.2 Å². The van der Waals surface area contributed by atoms with Gasteiger partial charge >= 0.3 is 11.8 Å². The molecule has 138 valence electrons. The number of carbonyl (C=O) groups excluding carboxylic acids is 2. The third kappa shape index (κ3) is 3.61. The molecular formula is C18H22N4O3S. The van der Waals surface area contributed by atoms with E-state index in [1.165, 1.54) is 0 Å². The van der Waals surface area contributed by atoms with E-state index in [0.717, 1.165) is 34.0 Å². The van der Waals surface area contributed by atoms with Crippen molar-refractivity contribution in [2.45, 2.75) is 37.8 Å². The van der Waals surface area contributed by atoms with Crippen molar-refractivity contribution in [2.75, 3.05) is 11.9 Å². The Morgan fingerprint density at radius 3 is 2.77 bits per heavy atom. The first-order chi connectivity index (χ1) is 12.5. The summed E-state index contributed by atoms with van der Waals surface area (Å²) in [5, 5.41) is 19.1. The second kappa shape index (κ2) is 7.92. The van der Waals surface area contributed by atoms with Crippen molar-refractivity contribution < 1.29 is 14.7 Å². The van der Waals surface area contributed by atoms with Crippen LogP contribution in [0.5, 0.6) is 0 Å². The summed E-state index contributed by atoms with van der Waals surface area (Å²) in [4.78, 5) is 24.5. The lowest BCUT2D eigenvalue weighted by Gasteiger charge is -2.15. The van der Waals surface area contributed by atoms with Gasteiger partial charge in [-0.15, -0.1) is 0 Å². The predicted molar refractivity (Wildman–Crippen MR) is 101 cm³/mol. The molecule has 1 aliphatic rings. The summed E-state index contributed by atoms with van der Waals surface area (Å²) < 4.78 is 1.70. The first-order valence-corrected chi connectivity index (χ1v) is 9.67. The highest BCUT2D eigenvalue weighted by atomic mass is 32.2. The average Bonchev–Trinajstić information content (AvgIpc) is 3.22. The van der Waals surface area contributed by atoms with Gasteiger partial charge in [-0.2, -0.15) is 16.9 Å². The van der Waals surface area contributed by atoms with Crippen LogP contribution in [0.15, 0.2) is 24.3 Å². The molecule has 0 saturated heterocycles. The number of nitrogens with one attached hydrogen (secondary N) is 2. The Bertz CT molecular complexity index is 830. The number of hydrogen-bond acceptors (Lipinski definition) is 5. The molecule has 0 unspecified atom stereocenters. The van der Waals surface area contributed by atoms with E-state index in [1.54, 1.807) is 16.4 Å². The average molecular weight is 374 g/mol. The highest BCUT2D eigenvalue weighted by Crippen LogP contribution is 2.36. The number of aliphatic hydroxyl groups excluding tert-OH is 1. The van der Waals surface area contributed by atoms with Crippen LogP contribution in [0.1, 0.15) is 30.2 Å². The minimum atomic E-state index is -0.761. The molecule has 0 bridgehead atoms. The first kappa shape index (κ1) is 18.5. The van der Waals surface area contributed by atoms with E-state index in [1.807, 2.05) is 38.1 Å². The molecule has 0 radical (unpaired) electrons. The van der Waals surface area contributed by atoms with E-state index in [-0.39, 0.29) is 6.61 Å². The van der Waals surface area contributed by atoms with Crippen LogP contribution >= 0.6 is 11.8 Å². The molecule has 0 aliphatic carbocycles. The number of aromatic nitrogens is 2. The van der Waals surface area contributed by atoms with Gasteiger partial charge in [-0.25, -0.2) is 4.68 Å². The highest BCUT2D eigenvalue weighted by Gasteiger charge is 2.27. The van der Waals surface area contributed by atoms with Crippen molar-refractivity contribution in [3.63, 3.8) is 0 Å². The number of hydrogen-bond donors (Lipinski definition) is 3. The molecule has 3 rings (SSSR count). The molecular weight excluding hydrogens is 352 g/mol. The Balaban J connectivity index is 1.89. The normalized spacial score (nSPS) is 14.0. The Kier molecular flexibility index (Phi) is 5.63. The van der Waals surface area contributed by atoms with Crippen molar-refractivity contribution in [3.8, 4) is 5.69 Å². The first-order valence-electron chi connectivity index (χ1n) is 8.52. The number of fused-ring (bicyclic) bond motifs is 1. The van der Waals surface area contributed by atoms with Crippen molar-refractivity contribution in [3.05, 3.63) is 41.1 Å². The number of aryl methyl sites for hydroxylation is 1. The van der Waals surface area contributed by atoms with E-state index in [9.17, 15) is 14.7 Å². The number of benzene rings is 1. The number of rotatable bonds is 5.